The predicted molar refractivity (Wildman–Crippen MR) is 66.5 cm³/mol. The molecule has 0 radical (unpaired) electrons. The molecule has 3 N–H and O–H groups in total. The molecule has 2 amide bonds. The second kappa shape index (κ2) is 6.58. The molecule has 0 aliphatic carbocycles. The SMILES string of the molecule is CCCC(CC(=O)O)NC(=O)NC1(C)CCOC1. The van der Waals surface area contributed by atoms with Crippen molar-refractivity contribution in [2.45, 2.75) is 51.1 Å². The Kier molecular flexibility index (Phi) is 5.40. The van der Waals surface area contributed by atoms with Crippen LogP contribution in [0.25, 0.3) is 0 Å². The van der Waals surface area contributed by atoms with Crippen molar-refractivity contribution in [3.8, 4) is 0 Å². The van der Waals surface area contributed by atoms with Crippen LogP contribution < -0.4 is 10.6 Å². The van der Waals surface area contributed by atoms with Crippen LogP contribution in [0, 0.1) is 0 Å². The highest BCUT2D eigenvalue weighted by Gasteiger charge is 2.31. The minimum Gasteiger partial charge on any atom is -0.481 e. The number of aliphatic carboxylic acids is 1. The summed E-state index contributed by atoms with van der Waals surface area (Å²) in [5.41, 5.74) is -0.343. The minimum absolute atomic E-state index is 0.0471. The van der Waals surface area contributed by atoms with E-state index in [1.54, 1.807) is 0 Å². The quantitative estimate of drug-likeness (QED) is 0.666. The third-order valence-corrected chi connectivity index (χ3v) is 3.03. The standard InChI is InChI=1S/C12H22N2O4/c1-3-4-9(7-10(15)16)13-11(17)14-12(2)5-6-18-8-12/h9H,3-8H2,1-2H3,(H,15,16)(H2,13,14,17). The highest BCUT2D eigenvalue weighted by molar-refractivity contribution is 5.76. The molecule has 1 aliphatic rings. The first-order chi connectivity index (χ1) is 8.45. The Morgan fingerprint density at radius 3 is 2.72 bits per heavy atom. The Balaban J connectivity index is 2.42. The fourth-order valence-electron chi connectivity index (χ4n) is 2.05. The van der Waals surface area contributed by atoms with E-state index in [1.165, 1.54) is 0 Å². The summed E-state index contributed by atoms with van der Waals surface area (Å²) in [6, 6.07) is -0.638. The molecule has 2 atom stereocenters. The van der Waals surface area contributed by atoms with Crippen molar-refractivity contribution < 1.29 is 19.4 Å². The summed E-state index contributed by atoms with van der Waals surface area (Å²) in [6.45, 7) is 5.02. The van der Waals surface area contributed by atoms with Crippen LogP contribution in [0.4, 0.5) is 4.79 Å². The summed E-state index contributed by atoms with van der Waals surface area (Å²) in [5.74, 6) is -0.899. The number of carbonyl (C=O) groups is 2. The zero-order valence-corrected chi connectivity index (χ0v) is 11.0. The summed E-state index contributed by atoms with van der Waals surface area (Å²) in [6.07, 6.45) is 2.22. The molecule has 2 unspecified atom stereocenters. The van der Waals surface area contributed by atoms with E-state index >= 15 is 0 Å². The molecule has 18 heavy (non-hydrogen) atoms. The number of carboxylic acid groups (broad SMARTS) is 1. The van der Waals surface area contributed by atoms with Gasteiger partial charge in [0.1, 0.15) is 0 Å². The third kappa shape index (κ3) is 4.91. The second-order valence-corrected chi connectivity index (χ2v) is 5.05. The van der Waals surface area contributed by atoms with Gasteiger partial charge in [-0.05, 0) is 19.8 Å². The lowest BCUT2D eigenvalue weighted by Crippen LogP contribution is -2.53. The zero-order valence-electron chi connectivity index (χ0n) is 11.0. The first kappa shape index (κ1) is 14.8. The minimum atomic E-state index is -0.899. The van der Waals surface area contributed by atoms with Crippen molar-refractivity contribution in [2.75, 3.05) is 13.2 Å². The van der Waals surface area contributed by atoms with Crippen molar-refractivity contribution in [2.24, 2.45) is 0 Å². The molecule has 0 saturated carbocycles. The normalized spacial score (nSPS) is 24.6. The summed E-state index contributed by atoms with van der Waals surface area (Å²) in [5, 5.41) is 14.3. The highest BCUT2D eigenvalue weighted by Crippen LogP contribution is 2.17. The van der Waals surface area contributed by atoms with E-state index < -0.39 is 5.97 Å². The van der Waals surface area contributed by atoms with Crippen molar-refractivity contribution in [3.63, 3.8) is 0 Å². The molecular weight excluding hydrogens is 236 g/mol. The molecule has 0 bridgehead atoms. The van der Waals surface area contributed by atoms with Crippen LogP contribution in [0.3, 0.4) is 0 Å². The zero-order chi connectivity index (χ0) is 13.6. The maximum absolute atomic E-state index is 11.8. The molecule has 1 fully saturated rings. The molecule has 1 aliphatic heterocycles. The largest absolute Gasteiger partial charge is 0.481 e. The molecule has 0 aromatic heterocycles. The summed E-state index contributed by atoms with van der Waals surface area (Å²) in [4.78, 5) is 22.5. The van der Waals surface area contributed by atoms with Gasteiger partial charge in [0.05, 0.1) is 18.6 Å². The first-order valence-electron chi connectivity index (χ1n) is 6.33. The van der Waals surface area contributed by atoms with E-state index in [1.807, 2.05) is 13.8 Å². The Morgan fingerprint density at radius 2 is 2.22 bits per heavy atom. The fourth-order valence-corrected chi connectivity index (χ4v) is 2.05. The number of carbonyl (C=O) groups excluding carboxylic acids is 1. The van der Waals surface area contributed by atoms with Crippen LogP contribution in [0.2, 0.25) is 0 Å². The molecule has 104 valence electrons. The van der Waals surface area contributed by atoms with Gasteiger partial charge in [-0.25, -0.2) is 4.79 Å². The summed E-state index contributed by atoms with van der Waals surface area (Å²) < 4.78 is 5.24. The molecule has 0 aromatic carbocycles. The van der Waals surface area contributed by atoms with Gasteiger partial charge in [-0.15, -0.1) is 0 Å². The van der Waals surface area contributed by atoms with Crippen molar-refractivity contribution >= 4 is 12.0 Å². The lowest BCUT2D eigenvalue weighted by Gasteiger charge is -2.25. The maximum atomic E-state index is 11.8. The van der Waals surface area contributed by atoms with Crippen LogP contribution in [0.1, 0.15) is 39.5 Å². The Labute approximate surface area is 107 Å². The van der Waals surface area contributed by atoms with Crippen LogP contribution in [-0.2, 0) is 9.53 Å². The average molecular weight is 258 g/mol. The number of hydrogen-bond acceptors (Lipinski definition) is 3. The Morgan fingerprint density at radius 1 is 1.50 bits per heavy atom. The van der Waals surface area contributed by atoms with E-state index in [0.717, 1.165) is 12.8 Å². The van der Waals surface area contributed by atoms with Crippen LogP contribution in [-0.4, -0.2) is 41.9 Å². The van der Waals surface area contributed by atoms with Crippen LogP contribution >= 0.6 is 0 Å². The molecule has 0 aromatic rings. The van der Waals surface area contributed by atoms with Gasteiger partial charge in [-0.3, -0.25) is 4.79 Å². The van der Waals surface area contributed by atoms with Gasteiger partial charge in [0.2, 0.25) is 0 Å². The van der Waals surface area contributed by atoms with Gasteiger partial charge in [0.15, 0.2) is 0 Å². The maximum Gasteiger partial charge on any atom is 0.315 e. The van der Waals surface area contributed by atoms with Crippen LogP contribution in [0.15, 0.2) is 0 Å². The average Bonchev–Trinajstić information content (AvgIpc) is 2.63. The number of hydrogen-bond donors (Lipinski definition) is 3. The smallest absolute Gasteiger partial charge is 0.315 e. The molecule has 1 heterocycles. The molecule has 6 nitrogen and oxygen atoms in total. The lowest BCUT2D eigenvalue weighted by molar-refractivity contribution is -0.137. The lowest BCUT2D eigenvalue weighted by atomic mass is 10.0. The third-order valence-electron chi connectivity index (χ3n) is 3.03. The monoisotopic (exact) mass is 258 g/mol. The van der Waals surface area contributed by atoms with Gasteiger partial charge >= 0.3 is 12.0 Å². The molecule has 0 spiro atoms. The van der Waals surface area contributed by atoms with Crippen molar-refractivity contribution in [1.29, 1.82) is 0 Å². The van der Waals surface area contributed by atoms with E-state index in [-0.39, 0.29) is 24.0 Å². The number of urea groups is 1. The molecule has 1 rings (SSSR count). The van der Waals surface area contributed by atoms with E-state index in [0.29, 0.717) is 19.6 Å². The van der Waals surface area contributed by atoms with Crippen LogP contribution in [0.5, 0.6) is 0 Å². The number of ether oxygens (including phenoxy) is 1. The number of amides is 2. The summed E-state index contributed by atoms with van der Waals surface area (Å²) >= 11 is 0. The fraction of sp³-hybridized carbons (Fsp3) is 0.833. The molecular formula is C12H22N2O4. The molecule has 1 saturated heterocycles. The number of carboxylic acids is 1. The van der Waals surface area contributed by atoms with Gasteiger partial charge in [-0.2, -0.15) is 0 Å². The predicted octanol–water partition coefficient (Wildman–Crippen LogP) is 1.11. The Bertz CT molecular complexity index is 300. The van der Waals surface area contributed by atoms with E-state index in [4.69, 9.17) is 9.84 Å². The first-order valence-corrected chi connectivity index (χ1v) is 6.33. The highest BCUT2D eigenvalue weighted by atomic mass is 16.5. The van der Waals surface area contributed by atoms with Crippen molar-refractivity contribution in [3.05, 3.63) is 0 Å². The summed E-state index contributed by atoms with van der Waals surface area (Å²) in [7, 11) is 0. The second-order valence-electron chi connectivity index (χ2n) is 5.05. The number of rotatable bonds is 6. The van der Waals surface area contributed by atoms with Gasteiger partial charge in [0.25, 0.3) is 0 Å². The topological polar surface area (TPSA) is 87.7 Å². The Hall–Kier alpha value is -1.30. The molecule has 6 heteroatoms. The van der Waals surface area contributed by atoms with Crippen molar-refractivity contribution in [1.82, 2.24) is 10.6 Å². The van der Waals surface area contributed by atoms with Gasteiger partial charge < -0.3 is 20.5 Å². The van der Waals surface area contributed by atoms with E-state index in [9.17, 15) is 9.59 Å². The van der Waals surface area contributed by atoms with Gasteiger partial charge in [-0.1, -0.05) is 13.3 Å². The number of nitrogens with one attached hydrogen (secondary N) is 2. The van der Waals surface area contributed by atoms with Gasteiger partial charge in [0, 0.05) is 12.6 Å². The van der Waals surface area contributed by atoms with E-state index in [2.05, 4.69) is 10.6 Å².